The number of methoxy groups -OCH3 is 2. The molecule has 0 radical (unpaired) electrons. The van der Waals surface area contributed by atoms with E-state index in [1.807, 2.05) is 0 Å². The van der Waals surface area contributed by atoms with Crippen LogP contribution in [0.4, 0.5) is 5.69 Å². The molecule has 0 N–H and O–H groups in total. The fourth-order valence-electron chi connectivity index (χ4n) is 1.12. The van der Waals surface area contributed by atoms with Crippen molar-refractivity contribution in [3.05, 3.63) is 34.4 Å². The molecule has 0 aliphatic heterocycles. The van der Waals surface area contributed by atoms with Gasteiger partial charge in [-0.25, -0.2) is 0 Å². The normalized spacial score (nSPS) is 10.4. The molecule has 1 aromatic carbocycles. The number of nitro benzene ring substituents is 1. The van der Waals surface area contributed by atoms with E-state index < -0.39 is 11.2 Å². The average molecular weight is 227 g/mol. The van der Waals surface area contributed by atoms with Gasteiger partial charge in [0.1, 0.15) is 6.61 Å². The molecule has 88 valence electrons. The smallest absolute Gasteiger partial charge is 0.310 e. The number of hydrogen-bond donors (Lipinski definition) is 0. The maximum absolute atomic E-state index is 10.7. The standard InChI is InChI=1S/C10H13NO5/c1-14-10(15-2)7-16-9-6-4-3-5-8(9)11(12)13/h3-6,10H,7H2,1-2H3. The third-order valence-electron chi connectivity index (χ3n) is 1.96. The second-order valence-electron chi connectivity index (χ2n) is 2.94. The summed E-state index contributed by atoms with van der Waals surface area (Å²) < 4.78 is 15.1. The Morgan fingerprint density at radius 2 is 1.94 bits per heavy atom. The molecule has 6 heteroatoms. The van der Waals surface area contributed by atoms with Crippen molar-refractivity contribution < 1.29 is 19.1 Å². The Kier molecular flexibility index (Phi) is 4.68. The second-order valence-corrected chi connectivity index (χ2v) is 2.94. The first-order valence-electron chi connectivity index (χ1n) is 4.61. The van der Waals surface area contributed by atoms with E-state index in [2.05, 4.69) is 0 Å². The summed E-state index contributed by atoms with van der Waals surface area (Å²) in [4.78, 5) is 10.2. The molecule has 0 spiro atoms. The first-order chi connectivity index (χ1) is 7.69. The van der Waals surface area contributed by atoms with Crippen LogP contribution in [-0.2, 0) is 9.47 Å². The number of rotatable bonds is 6. The van der Waals surface area contributed by atoms with Gasteiger partial charge in [-0.05, 0) is 6.07 Å². The molecule has 0 bridgehead atoms. The van der Waals surface area contributed by atoms with Crippen LogP contribution in [0.2, 0.25) is 0 Å². The van der Waals surface area contributed by atoms with Gasteiger partial charge in [0.15, 0.2) is 12.0 Å². The van der Waals surface area contributed by atoms with Crippen LogP contribution in [0, 0.1) is 10.1 Å². The minimum atomic E-state index is -0.542. The third kappa shape index (κ3) is 3.18. The summed E-state index contributed by atoms with van der Waals surface area (Å²) in [5.74, 6) is 0.201. The van der Waals surface area contributed by atoms with Gasteiger partial charge in [0, 0.05) is 20.3 Å². The summed E-state index contributed by atoms with van der Waals surface area (Å²) in [5.41, 5.74) is -0.0755. The van der Waals surface area contributed by atoms with E-state index in [0.717, 1.165) is 0 Å². The molecule has 1 aromatic rings. The molecule has 0 aliphatic rings. The zero-order valence-electron chi connectivity index (χ0n) is 9.08. The Morgan fingerprint density at radius 3 is 2.50 bits per heavy atom. The molecule has 16 heavy (non-hydrogen) atoms. The first-order valence-corrected chi connectivity index (χ1v) is 4.61. The monoisotopic (exact) mass is 227 g/mol. The molecule has 0 saturated heterocycles. The van der Waals surface area contributed by atoms with Crippen LogP contribution >= 0.6 is 0 Å². The average Bonchev–Trinajstić information content (AvgIpc) is 2.30. The molecule has 0 heterocycles. The second kappa shape index (κ2) is 6.04. The lowest BCUT2D eigenvalue weighted by atomic mass is 10.3. The molecule has 0 saturated carbocycles. The Hall–Kier alpha value is -1.66. The zero-order valence-corrected chi connectivity index (χ0v) is 9.08. The first kappa shape index (κ1) is 12.4. The molecule has 0 atom stereocenters. The van der Waals surface area contributed by atoms with Crippen molar-refractivity contribution in [1.29, 1.82) is 0 Å². The quantitative estimate of drug-likeness (QED) is 0.419. The van der Waals surface area contributed by atoms with Crippen LogP contribution < -0.4 is 4.74 Å². The van der Waals surface area contributed by atoms with Gasteiger partial charge < -0.3 is 14.2 Å². The van der Waals surface area contributed by atoms with Crippen molar-refractivity contribution >= 4 is 5.69 Å². The van der Waals surface area contributed by atoms with Gasteiger partial charge in [0.05, 0.1) is 4.92 Å². The van der Waals surface area contributed by atoms with Crippen molar-refractivity contribution in [2.24, 2.45) is 0 Å². The molecule has 0 amide bonds. The van der Waals surface area contributed by atoms with Gasteiger partial charge in [0.2, 0.25) is 0 Å². The fraction of sp³-hybridized carbons (Fsp3) is 0.400. The van der Waals surface area contributed by atoms with Crippen LogP contribution in [-0.4, -0.2) is 32.0 Å². The maximum Gasteiger partial charge on any atom is 0.310 e. The van der Waals surface area contributed by atoms with E-state index in [1.165, 1.54) is 26.4 Å². The third-order valence-corrected chi connectivity index (χ3v) is 1.96. The summed E-state index contributed by atoms with van der Waals surface area (Å²) >= 11 is 0. The number of para-hydroxylation sites is 2. The molecule has 0 unspecified atom stereocenters. The Morgan fingerprint density at radius 1 is 1.31 bits per heavy atom. The Bertz CT molecular complexity index is 351. The van der Waals surface area contributed by atoms with Crippen LogP contribution in [0.5, 0.6) is 5.75 Å². The van der Waals surface area contributed by atoms with Gasteiger partial charge in [-0.3, -0.25) is 10.1 Å². The van der Waals surface area contributed by atoms with E-state index in [9.17, 15) is 10.1 Å². The van der Waals surface area contributed by atoms with Gasteiger partial charge in [0.25, 0.3) is 0 Å². The van der Waals surface area contributed by atoms with E-state index >= 15 is 0 Å². The van der Waals surface area contributed by atoms with E-state index in [1.54, 1.807) is 12.1 Å². The number of benzene rings is 1. The highest BCUT2D eigenvalue weighted by Crippen LogP contribution is 2.25. The summed E-state index contributed by atoms with van der Waals surface area (Å²) in [6.45, 7) is 0.0951. The topological polar surface area (TPSA) is 70.8 Å². The molecule has 0 aromatic heterocycles. The van der Waals surface area contributed by atoms with Crippen LogP contribution in [0.25, 0.3) is 0 Å². The van der Waals surface area contributed by atoms with Gasteiger partial charge in [-0.15, -0.1) is 0 Å². The van der Waals surface area contributed by atoms with Crippen LogP contribution in [0.15, 0.2) is 24.3 Å². The van der Waals surface area contributed by atoms with Crippen LogP contribution in [0.1, 0.15) is 0 Å². The summed E-state index contributed by atoms with van der Waals surface area (Å²) in [6, 6.07) is 6.15. The minimum Gasteiger partial charge on any atom is -0.481 e. The van der Waals surface area contributed by atoms with E-state index in [0.29, 0.717) is 0 Å². The molecule has 0 aliphatic carbocycles. The van der Waals surface area contributed by atoms with Gasteiger partial charge >= 0.3 is 5.69 Å². The van der Waals surface area contributed by atoms with Crippen molar-refractivity contribution in [3.63, 3.8) is 0 Å². The highest BCUT2D eigenvalue weighted by molar-refractivity contribution is 5.45. The lowest BCUT2D eigenvalue weighted by Gasteiger charge is -2.14. The predicted octanol–water partition coefficient (Wildman–Crippen LogP) is 1.59. The maximum atomic E-state index is 10.7. The lowest BCUT2D eigenvalue weighted by molar-refractivity contribution is -0.386. The number of nitrogens with zero attached hydrogens (tertiary/aromatic N) is 1. The van der Waals surface area contributed by atoms with Crippen molar-refractivity contribution in [3.8, 4) is 5.75 Å². The van der Waals surface area contributed by atoms with Crippen molar-refractivity contribution in [1.82, 2.24) is 0 Å². The largest absolute Gasteiger partial charge is 0.481 e. The lowest BCUT2D eigenvalue weighted by Crippen LogP contribution is -2.22. The van der Waals surface area contributed by atoms with Crippen molar-refractivity contribution in [2.75, 3.05) is 20.8 Å². The van der Waals surface area contributed by atoms with E-state index in [4.69, 9.17) is 14.2 Å². The van der Waals surface area contributed by atoms with Crippen molar-refractivity contribution in [2.45, 2.75) is 6.29 Å². The molecular weight excluding hydrogens is 214 g/mol. The van der Waals surface area contributed by atoms with Gasteiger partial charge in [-0.1, -0.05) is 12.1 Å². The summed E-state index contributed by atoms with van der Waals surface area (Å²) in [6.07, 6.45) is -0.542. The SMILES string of the molecule is COC(COc1ccccc1[N+](=O)[O-])OC. The van der Waals surface area contributed by atoms with Gasteiger partial charge in [-0.2, -0.15) is 0 Å². The summed E-state index contributed by atoms with van der Waals surface area (Å²) in [5, 5.41) is 10.7. The molecular formula is C10H13NO5. The highest BCUT2D eigenvalue weighted by Gasteiger charge is 2.15. The number of hydrogen-bond acceptors (Lipinski definition) is 5. The minimum absolute atomic E-state index is 0.0755. The summed E-state index contributed by atoms with van der Waals surface area (Å²) in [7, 11) is 2.94. The Labute approximate surface area is 92.9 Å². The fourth-order valence-corrected chi connectivity index (χ4v) is 1.12. The molecule has 1 rings (SSSR count). The highest BCUT2D eigenvalue weighted by atomic mass is 16.7. The predicted molar refractivity (Wildman–Crippen MR) is 56.4 cm³/mol. The zero-order chi connectivity index (χ0) is 12.0. The molecule has 6 nitrogen and oxygen atoms in total. The number of ether oxygens (including phenoxy) is 3. The Balaban J connectivity index is 2.69. The molecule has 0 fully saturated rings. The number of nitro groups is 1. The van der Waals surface area contributed by atoms with Crippen LogP contribution in [0.3, 0.4) is 0 Å². The van der Waals surface area contributed by atoms with E-state index in [-0.39, 0.29) is 18.0 Å².